The van der Waals surface area contributed by atoms with Crippen LogP contribution in [0, 0.1) is 6.92 Å². The van der Waals surface area contributed by atoms with Crippen molar-refractivity contribution in [1.82, 2.24) is 19.7 Å². The standard InChI is InChI=1S/C23H16N4O4S/c1-14-24-19-5-3-2-4-18(19)22(28)27(14)17-8-6-15(7-9-17)23(29)30-12-20-25-21(26-31-20)16-10-11-32-13-16/h2-11,13H,12H2,1H3. The number of esters is 1. The Morgan fingerprint density at radius 3 is 2.69 bits per heavy atom. The molecule has 5 rings (SSSR count). The van der Waals surface area contributed by atoms with Gasteiger partial charge in [0.15, 0.2) is 6.61 Å². The number of rotatable bonds is 5. The number of ether oxygens (including phenoxy) is 1. The number of nitrogens with zero attached hydrogens (tertiary/aromatic N) is 4. The van der Waals surface area contributed by atoms with E-state index in [0.29, 0.717) is 33.8 Å². The Balaban J connectivity index is 1.32. The molecule has 0 saturated heterocycles. The van der Waals surface area contributed by atoms with Crippen LogP contribution in [-0.4, -0.2) is 25.7 Å². The molecule has 0 atom stereocenters. The summed E-state index contributed by atoms with van der Waals surface area (Å²) >= 11 is 1.53. The van der Waals surface area contributed by atoms with E-state index in [9.17, 15) is 9.59 Å². The molecule has 0 amide bonds. The van der Waals surface area contributed by atoms with Crippen molar-refractivity contribution in [2.45, 2.75) is 13.5 Å². The van der Waals surface area contributed by atoms with E-state index in [4.69, 9.17) is 9.26 Å². The molecule has 0 aliphatic carbocycles. The number of carbonyl (C=O) groups excluding carboxylic acids is 1. The van der Waals surface area contributed by atoms with Gasteiger partial charge in [-0.1, -0.05) is 17.3 Å². The number of para-hydroxylation sites is 1. The number of aromatic nitrogens is 4. The van der Waals surface area contributed by atoms with Gasteiger partial charge in [-0.2, -0.15) is 16.3 Å². The minimum absolute atomic E-state index is 0.134. The Hall–Kier alpha value is -4.11. The average molecular weight is 444 g/mol. The maximum absolute atomic E-state index is 12.9. The monoisotopic (exact) mass is 444 g/mol. The van der Waals surface area contributed by atoms with Gasteiger partial charge in [0.2, 0.25) is 5.82 Å². The molecule has 8 nitrogen and oxygen atoms in total. The Morgan fingerprint density at radius 1 is 1.09 bits per heavy atom. The fourth-order valence-corrected chi connectivity index (χ4v) is 3.96. The highest BCUT2D eigenvalue weighted by atomic mass is 32.1. The Labute approximate surface area is 185 Å². The summed E-state index contributed by atoms with van der Waals surface area (Å²) in [5.74, 6) is 0.682. The Bertz CT molecular complexity index is 1470. The van der Waals surface area contributed by atoms with Gasteiger partial charge in [-0.15, -0.1) is 0 Å². The third-order valence-corrected chi connectivity index (χ3v) is 5.56. The van der Waals surface area contributed by atoms with Crippen LogP contribution in [0.4, 0.5) is 0 Å². The molecule has 158 valence electrons. The van der Waals surface area contributed by atoms with E-state index < -0.39 is 5.97 Å². The summed E-state index contributed by atoms with van der Waals surface area (Å²) in [4.78, 5) is 34.1. The second-order valence-corrected chi connectivity index (χ2v) is 7.74. The van der Waals surface area contributed by atoms with Gasteiger partial charge in [0, 0.05) is 10.9 Å². The third-order valence-electron chi connectivity index (χ3n) is 4.88. The molecule has 0 aliphatic rings. The molecule has 0 radical (unpaired) electrons. The lowest BCUT2D eigenvalue weighted by Gasteiger charge is -2.11. The number of hydrogen-bond acceptors (Lipinski definition) is 8. The van der Waals surface area contributed by atoms with Gasteiger partial charge < -0.3 is 9.26 Å². The quantitative estimate of drug-likeness (QED) is 0.375. The van der Waals surface area contributed by atoms with Crippen molar-refractivity contribution in [3.05, 3.63) is 93.0 Å². The van der Waals surface area contributed by atoms with Crippen molar-refractivity contribution < 1.29 is 14.1 Å². The number of fused-ring (bicyclic) bond motifs is 1. The molecule has 5 aromatic rings. The summed E-state index contributed by atoms with van der Waals surface area (Å²) in [7, 11) is 0. The van der Waals surface area contributed by atoms with Gasteiger partial charge in [0.25, 0.3) is 11.4 Å². The lowest BCUT2D eigenvalue weighted by Crippen LogP contribution is -2.22. The lowest BCUT2D eigenvalue weighted by atomic mass is 10.2. The SMILES string of the molecule is Cc1nc2ccccc2c(=O)n1-c1ccc(C(=O)OCc2nc(-c3ccsc3)no2)cc1. The fraction of sp³-hybridized carbons (Fsp3) is 0.0870. The van der Waals surface area contributed by atoms with Crippen LogP contribution in [-0.2, 0) is 11.3 Å². The van der Waals surface area contributed by atoms with Crippen LogP contribution in [0.25, 0.3) is 28.0 Å². The summed E-state index contributed by atoms with van der Waals surface area (Å²) in [6, 6.07) is 15.6. The molecule has 0 spiro atoms. The molecule has 2 aromatic carbocycles. The maximum atomic E-state index is 12.9. The first-order chi connectivity index (χ1) is 15.6. The highest BCUT2D eigenvalue weighted by molar-refractivity contribution is 7.08. The summed E-state index contributed by atoms with van der Waals surface area (Å²) in [5.41, 5.74) is 2.28. The Morgan fingerprint density at radius 2 is 1.91 bits per heavy atom. The molecule has 0 unspecified atom stereocenters. The molecule has 0 fully saturated rings. The van der Waals surface area contributed by atoms with Crippen LogP contribution in [0.1, 0.15) is 22.1 Å². The number of carbonyl (C=O) groups is 1. The van der Waals surface area contributed by atoms with E-state index >= 15 is 0 Å². The topological polar surface area (TPSA) is 100 Å². The van der Waals surface area contributed by atoms with Crippen molar-refractivity contribution in [2.24, 2.45) is 0 Å². The molecule has 3 aromatic heterocycles. The van der Waals surface area contributed by atoms with Crippen LogP contribution >= 0.6 is 11.3 Å². The number of benzene rings is 2. The molecule has 3 heterocycles. The summed E-state index contributed by atoms with van der Waals surface area (Å²) < 4.78 is 11.9. The first-order valence-corrected chi connectivity index (χ1v) is 10.7. The second-order valence-electron chi connectivity index (χ2n) is 6.96. The number of aryl methyl sites for hydroxylation is 1. The van der Waals surface area contributed by atoms with E-state index in [2.05, 4.69) is 15.1 Å². The number of hydrogen-bond donors (Lipinski definition) is 0. The van der Waals surface area contributed by atoms with Gasteiger partial charge in [-0.05, 0) is 54.8 Å². The van der Waals surface area contributed by atoms with Gasteiger partial charge >= 0.3 is 5.97 Å². The van der Waals surface area contributed by atoms with Gasteiger partial charge in [0.05, 0.1) is 22.2 Å². The van der Waals surface area contributed by atoms with Crippen LogP contribution in [0.5, 0.6) is 0 Å². The van der Waals surface area contributed by atoms with Crippen molar-refractivity contribution in [3.8, 4) is 17.1 Å². The fourth-order valence-electron chi connectivity index (χ4n) is 3.33. The smallest absolute Gasteiger partial charge is 0.338 e. The summed E-state index contributed by atoms with van der Waals surface area (Å²) in [6.07, 6.45) is 0. The zero-order valence-corrected chi connectivity index (χ0v) is 17.7. The molecule has 0 aliphatic heterocycles. The minimum atomic E-state index is -0.535. The lowest BCUT2D eigenvalue weighted by molar-refractivity contribution is 0.0430. The zero-order chi connectivity index (χ0) is 22.1. The minimum Gasteiger partial charge on any atom is -0.452 e. The normalized spacial score (nSPS) is 11.0. The highest BCUT2D eigenvalue weighted by Gasteiger charge is 2.14. The van der Waals surface area contributed by atoms with Gasteiger partial charge in [-0.25, -0.2) is 9.78 Å². The predicted octanol–water partition coefficient (Wildman–Crippen LogP) is 4.16. The Kier molecular flexibility index (Phi) is 5.08. The van der Waals surface area contributed by atoms with Crippen molar-refractivity contribution in [2.75, 3.05) is 0 Å². The summed E-state index contributed by atoms with van der Waals surface area (Å²) in [6.45, 7) is 1.63. The second kappa shape index (κ2) is 8.20. The van der Waals surface area contributed by atoms with Gasteiger partial charge in [0.1, 0.15) is 5.82 Å². The van der Waals surface area contributed by atoms with Crippen molar-refractivity contribution in [3.63, 3.8) is 0 Å². The van der Waals surface area contributed by atoms with E-state index in [-0.39, 0.29) is 18.1 Å². The molecule has 0 bridgehead atoms. The third kappa shape index (κ3) is 3.69. The van der Waals surface area contributed by atoms with Crippen LogP contribution in [0.2, 0.25) is 0 Å². The van der Waals surface area contributed by atoms with Crippen LogP contribution in [0.15, 0.2) is 74.7 Å². The highest BCUT2D eigenvalue weighted by Crippen LogP contribution is 2.19. The number of thiophene rings is 1. The molecule has 0 N–H and O–H groups in total. The van der Waals surface area contributed by atoms with E-state index in [0.717, 1.165) is 5.56 Å². The van der Waals surface area contributed by atoms with E-state index in [1.165, 1.54) is 15.9 Å². The molecule has 9 heteroatoms. The molecular formula is C23H16N4O4S. The molecule has 32 heavy (non-hydrogen) atoms. The first-order valence-electron chi connectivity index (χ1n) is 9.71. The van der Waals surface area contributed by atoms with Gasteiger partial charge in [-0.3, -0.25) is 9.36 Å². The molecule has 0 saturated carbocycles. The summed E-state index contributed by atoms with van der Waals surface area (Å²) in [5, 5.41) is 8.23. The first kappa shape index (κ1) is 19.8. The van der Waals surface area contributed by atoms with E-state index in [1.54, 1.807) is 49.4 Å². The van der Waals surface area contributed by atoms with E-state index in [1.807, 2.05) is 22.9 Å². The van der Waals surface area contributed by atoms with Crippen LogP contribution < -0.4 is 5.56 Å². The largest absolute Gasteiger partial charge is 0.452 e. The van der Waals surface area contributed by atoms with Crippen molar-refractivity contribution in [1.29, 1.82) is 0 Å². The predicted molar refractivity (Wildman–Crippen MR) is 119 cm³/mol. The molecular weight excluding hydrogens is 428 g/mol. The zero-order valence-electron chi connectivity index (χ0n) is 16.9. The van der Waals surface area contributed by atoms with Crippen LogP contribution in [0.3, 0.4) is 0 Å². The van der Waals surface area contributed by atoms with Crippen molar-refractivity contribution >= 4 is 28.2 Å². The maximum Gasteiger partial charge on any atom is 0.338 e. The average Bonchev–Trinajstić information content (AvgIpc) is 3.50.